The van der Waals surface area contributed by atoms with E-state index >= 15 is 0 Å². The molecule has 3 N–H and O–H groups in total. The largest absolute Gasteiger partial charge is 0.379 e. The predicted molar refractivity (Wildman–Crippen MR) is 156 cm³/mol. The van der Waals surface area contributed by atoms with Crippen molar-refractivity contribution in [2.45, 2.75) is 18.5 Å². The summed E-state index contributed by atoms with van der Waals surface area (Å²) in [5.74, 6) is -0.511. The van der Waals surface area contributed by atoms with Gasteiger partial charge in [0.1, 0.15) is 0 Å². The van der Waals surface area contributed by atoms with Gasteiger partial charge in [-0.2, -0.15) is 0 Å². The molecule has 0 radical (unpaired) electrons. The van der Waals surface area contributed by atoms with Crippen molar-refractivity contribution in [3.05, 3.63) is 81.7 Å². The summed E-state index contributed by atoms with van der Waals surface area (Å²) >= 11 is 7.32. The van der Waals surface area contributed by atoms with Gasteiger partial charge in [0.2, 0.25) is 11.8 Å². The highest BCUT2D eigenvalue weighted by Crippen LogP contribution is 2.29. The number of primary amides is 1. The topological polar surface area (TPSA) is 105 Å². The second-order valence-corrected chi connectivity index (χ2v) is 10.9. The maximum Gasteiger partial charge on any atom is 0.248 e. The Bertz CT molecular complexity index is 1230. The number of thioether (sulfide) groups is 1. The van der Waals surface area contributed by atoms with Crippen molar-refractivity contribution in [3.63, 3.8) is 0 Å². The van der Waals surface area contributed by atoms with E-state index < -0.39 is 5.91 Å². The predicted octanol–water partition coefficient (Wildman–Crippen LogP) is 3.58. The quantitative estimate of drug-likeness (QED) is 0.399. The summed E-state index contributed by atoms with van der Waals surface area (Å²) in [5.41, 5.74) is 9.62. The van der Waals surface area contributed by atoms with E-state index in [0.717, 1.165) is 52.1 Å². The SMILES string of the molecule is CN(C(=O)CNC1CC(Cl)=CC=C1SC=O)C(CN1CCOCC1)c1ccc(-c2ccc(C(N)=O)cc2)cc1. The maximum absolute atomic E-state index is 13.4. The molecule has 2 aliphatic rings. The number of amides is 2. The number of carbonyl (C=O) groups excluding carboxylic acids is 3. The normalized spacial score (nSPS) is 18.6. The Hall–Kier alpha value is -2.95. The van der Waals surface area contributed by atoms with E-state index in [2.05, 4.69) is 10.2 Å². The van der Waals surface area contributed by atoms with Gasteiger partial charge in [-0.3, -0.25) is 19.3 Å². The van der Waals surface area contributed by atoms with Crippen LogP contribution < -0.4 is 11.1 Å². The van der Waals surface area contributed by atoms with Crippen LogP contribution in [0.2, 0.25) is 0 Å². The van der Waals surface area contributed by atoms with Crippen LogP contribution in [-0.4, -0.2) is 79.7 Å². The van der Waals surface area contributed by atoms with E-state index in [9.17, 15) is 14.4 Å². The van der Waals surface area contributed by atoms with Crippen LogP contribution in [0.4, 0.5) is 0 Å². The lowest BCUT2D eigenvalue weighted by atomic mass is 9.98. The third kappa shape index (κ3) is 7.80. The Morgan fingerprint density at radius 1 is 1.13 bits per heavy atom. The van der Waals surface area contributed by atoms with Gasteiger partial charge in [-0.1, -0.05) is 59.8 Å². The molecule has 1 aliphatic carbocycles. The molecule has 2 unspecified atom stereocenters. The van der Waals surface area contributed by atoms with Crippen LogP contribution >= 0.6 is 23.4 Å². The standard InChI is InChI=1S/C29H33ClN4O4S/c1-33(28(36)17-32-25-16-24(30)10-11-27(25)39-19-35)26(18-34-12-14-38-15-13-34)22-6-2-20(3-7-22)21-4-8-23(9-5-21)29(31)37/h2-11,19,25-26,32H,12-18H2,1H3,(H2,31,37). The summed E-state index contributed by atoms with van der Waals surface area (Å²) in [6, 6.07) is 15.0. The van der Waals surface area contributed by atoms with E-state index in [1.807, 2.05) is 49.5 Å². The number of rotatable bonds is 11. The Kier molecular flexibility index (Phi) is 10.4. The maximum atomic E-state index is 13.4. The van der Waals surface area contributed by atoms with Crippen molar-refractivity contribution in [2.75, 3.05) is 46.4 Å². The second-order valence-electron chi connectivity index (χ2n) is 9.53. The minimum absolute atomic E-state index is 0.0551. The van der Waals surface area contributed by atoms with E-state index in [4.69, 9.17) is 22.1 Å². The number of nitrogens with zero attached hydrogens (tertiary/aromatic N) is 2. The molecule has 1 fully saturated rings. The molecule has 1 aliphatic heterocycles. The van der Waals surface area contributed by atoms with Gasteiger partial charge < -0.3 is 20.7 Å². The first-order valence-electron chi connectivity index (χ1n) is 12.8. The fraction of sp³-hybridized carbons (Fsp3) is 0.345. The first kappa shape index (κ1) is 29.0. The molecule has 2 aromatic rings. The molecule has 0 saturated carbocycles. The molecule has 2 aromatic carbocycles. The van der Waals surface area contributed by atoms with Crippen molar-refractivity contribution in [2.24, 2.45) is 5.73 Å². The number of morpholine rings is 1. The lowest BCUT2D eigenvalue weighted by molar-refractivity contribution is -0.131. The molecule has 0 aromatic heterocycles. The van der Waals surface area contributed by atoms with Gasteiger partial charge in [0, 0.05) is 54.6 Å². The average molecular weight is 569 g/mol. The van der Waals surface area contributed by atoms with E-state index in [-0.39, 0.29) is 24.5 Å². The summed E-state index contributed by atoms with van der Waals surface area (Å²) in [5, 5.41) is 3.97. The number of carbonyl (C=O) groups is 3. The third-order valence-corrected chi connectivity index (χ3v) is 8.12. The molecule has 4 rings (SSSR count). The lowest BCUT2D eigenvalue weighted by Crippen LogP contribution is -2.46. The zero-order valence-corrected chi connectivity index (χ0v) is 23.4. The zero-order chi connectivity index (χ0) is 27.8. The Morgan fingerprint density at radius 3 is 2.38 bits per heavy atom. The molecular formula is C29H33ClN4O4S. The lowest BCUT2D eigenvalue weighted by Gasteiger charge is -2.35. The van der Waals surface area contributed by atoms with Gasteiger partial charge in [0.05, 0.1) is 25.8 Å². The van der Waals surface area contributed by atoms with Crippen LogP contribution in [-0.2, 0) is 14.3 Å². The monoisotopic (exact) mass is 568 g/mol. The number of allylic oxidation sites excluding steroid dienone is 2. The first-order chi connectivity index (χ1) is 18.9. The summed E-state index contributed by atoms with van der Waals surface area (Å²) in [6.07, 6.45) is 4.14. The first-order valence-corrected chi connectivity index (χ1v) is 14.1. The van der Waals surface area contributed by atoms with Crippen molar-refractivity contribution in [3.8, 4) is 11.1 Å². The average Bonchev–Trinajstić information content (AvgIpc) is 2.96. The van der Waals surface area contributed by atoms with E-state index in [0.29, 0.717) is 36.8 Å². The Labute approximate surface area is 238 Å². The van der Waals surface area contributed by atoms with Gasteiger partial charge in [-0.25, -0.2) is 0 Å². The van der Waals surface area contributed by atoms with E-state index in [1.54, 1.807) is 23.1 Å². The fourth-order valence-electron chi connectivity index (χ4n) is 4.72. The van der Waals surface area contributed by atoms with Crippen molar-refractivity contribution in [1.82, 2.24) is 15.1 Å². The number of halogens is 1. The summed E-state index contributed by atoms with van der Waals surface area (Å²) < 4.78 is 5.52. The van der Waals surface area contributed by atoms with Crippen molar-refractivity contribution in [1.29, 1.82) is 0 Å². The number of benzene rings is 2. The highest BCUT2D eigenvalue weighted by atomic mass is 35.5. The van der Waals surface area contributed by atoms with Crippen LogP contribution in [0.1, 0.15) is 28.4 Å². The molecular weight excluding hydrogens is 536 g/mol. The fourth-order valence-corrected chi connectivity index (χ4v) is 5.52. The molecule has 0 spiro atoms. The van der Waals surface area contributed by atoms with E-state index in [1.165, 1.54) is 0 Å². The zero-order valence-electron chi connectivity index (χ0n) is 21.8. The van der Waals surface area contributed by atoms with Crippen LogP contribution in [0.15, 0.2) is 70.6 Å². The van der Waals surface area contributed by atoms with Crippen molar-refractivity contribution < 1.29 is 19.1 Å². The Balaban J connectivity index is 1.48. The highest BCUT2D eigenvalue weighted by molar-refractivity contribution is 8.15. The van der Waals surface area contributed by atoms with Crippen molar-refractivity contribution >= 4 is 40.8 Å². The molecule has 206 valence electrons. The number of hydrogen-bond acceptors (Lipinski definition) is 7. The molecule has 8 nitrogen and oxygen atoms in total. The van der Waals surface area contributed by atoms with Gasteiger partial charge in [0.25, 0.3) is 0 Å². The summed E-state index contributed by atoms with van der Waals surface area (Å²) in [4.78, 5) is 40.8. The molecule has 1 heterocycles. The number of nitrogens with one attached hydrogen (secondary N) is 1. The van der Waals surface area contributed by atoms with Gasteiger partial charge in [0.15, 0.2) is 5.62 Å². The Morgan fingerprint density at radius 2 is 1.77 bits per heavy atom. The van der Waals surface area contributed by atoms with Gasteiger partial charge in [-0.15, -0.1) is 0 Å². The number of likely N-dealkylation sites (N-methyl/N-ethyl adjacent to an activating group) is 1. The molecule has 39 heavy (non-hydrogen) atoms. The summed E-state index contributed by atoms with van der Waals surface area (Å²) in [7, 11) is 1.83. The number of ether oxygens (including phenoxy) is 1. The van der Waals surface area contributed by atoms with Crippen LogP contribution in [0.25, 0.3) is 11.1 Å². The molecule has 10 heteroatoms. The third-order valence-electron chi connectivity index (χ3n) is 7.05. The smallest absolute Gasteiger partial charge is 0.248 e. The molecule has 1 saturated heterocycles. The number of nitrogens with two attached hydrogens (primary N) is 1. The minimum Gasteiger partial charge on any atom is -0.379 e. The van der Waals surface area contributed by atoms with Crippen LogP contribution in [0, 0.1) is 0 Å². The highest BCUT2D eigenvalue weighted by Gasteiger charge is 2.27. The van der Waals surface area contributed by atoms with Crippen LogP contribution in [0.3, 0.4) is 0 Å². The molecule has 2 amide bonds. The minimum atomic E-state index is -0.456. The van der Waals surface area contributed by atoms with Gasteiger partial charge >= 0.3 is 0 Å². The molecule has 2 atom stereocenters. The summed E-state index contributed by atoms with van der Waals surface area (Å²) in [6.45, 7) is 3.77. The van der Waals surface area contributed by atoms with Gasteiger partial charge in [-0.05, 0) is 41.0 Å². The second kappa shape index (κ2) is 13.9. The molecule has 0 bridgehead atoms. The number of hydrogen-bond donors (Lipinski definition) is 2. The van der Waals surface area contributed by atoms with Crippen LogP contribution in [0.5, 0.6) is 0 Å².